The summed E-state index contributed by atoms with van der Waals surface area (Å²) in [6.45, 7) is 0. The van der Waals surface area contributed by atoms with Gasteiger partial charge in [-0.1, -0.05) is 28.1 Å². The SMILES string of the molecule is CNC(Cc1cnccc1N)c1cccc(Br)c1. The molecule has 0 amide bonds. The van der Waals surface area contributed by atoms with E-state index < -0.39 is 0 Å². The summed E-state index contributed by atoms with van der Waals surface area (Å²) in [5.41, 5.74) is 9.04. The van der Waals surface area contributed by atoms with Crippen molar-refractivity contribution in [1.29, 1.82) is 0 Å². The average Bonchev–Trinajstić information content (AvgIpc) is 2.38. The fourth-order valence-electron chi connectivity index (χ4n) is 1.94. The molecule has 0 bridgehead atoms. The van der Waals surface area contributed by atoms with Crippen LogP contribution in [-0.2, 0) is 6.42 Å². The summed E-state index contributed by atoms with van der Waals surface area (Å²) in [6.07, 6.45) is 4.37. The number of hydrogen-bond acceptors (Lipinski definition) is 3. The van der Waals surface area contributed by atoms with Crippen LogP contribution in [0.25, 0.3) is 0 Å². The van der Waals surface area contributed by atoms with E-state index in [0.717, 1.165) is 22.1 Å². The summed E-state index contributed by atoms with van der Waals surface area (Å²) in [4.78, 5) is 4.13. The molecule has 1 aromatic heterocycles. The van der Waals surface area contributed by atoms with E-state index in [1.165, 1.54) is 5.56 Å². The Morgan fingerprint density at radius 1 is 1.39 bits per heavy atom. The molecule has 0 aliphatic heterocycles. The van der Waals surface area contributed by atoms with Crippen molar-refractivity contribution in [1.82, 2.24) is 10.3 Å². The van der Waals surface area contributed by atoms with Crippen LogP contribution in [0.2, 0.25) is 0 Å². The summed E-state index contributed by atoms with van der Waals surface area (Å²) >= 11 is 3.49. The number of pyridine rings is 1. The Morgan fingerprint density at radius 3 is 2.89 bits per heavy atom. The third kappa shape index (κ3) is 3.09. The molecule has 1 heterocycles. The van der Waals surface area contributed by atoms with Gasteiger partial charge >= 0.3 is 0 Å². The third-order valence-electron chi connectivity index (χ3n) is 2.96. The molecule has 0 aliphatic rings. The van der Waals surface area contributed by atoms with Gasteiger partial charge in [-0.15, -0.1) is 0 Å². The number of nitrogens with zero attached hydrogens (tertiary/aromatic N) is 1. The molecule has 2 aromatic rings. The number of anilines is 1. The fraction of sp³-hybridized carbons (Fsp3) is 0.214. The number of rotatable bonds is 4. The van der Waals surface area contributed by atoms with E-state index in [1.54, 1.807) is 6.20 Å². The zero-order valence-electron chi connectivity index (χ0n) is 10.2. The summed E-state index contributed by atoms with van der Waals surface area (Å²) in [7, 11) is 1.96. The second kappa shape index (κ2) is 5.98. The number of benzene rings is 1. The van der Waals surface area contributed by atoms with Gasteiger partial charge in [0.1, 0.15) is 0 Å². The van der Waals surface area contributed by atoms with Crippen molar-refractivity contribution < 1.29 is 0 Å². The average molecular weight is 306 g/mol. The first kappa shape index (κ1) is 13.1. The number of nitrogen functional groups attached to an aromatic ring is 1. The Hall–Kier alpha value is -1.39. The van der Waals surface area contributed by atoms with Gasteiger partial charge in [-0.2, -0.15) is 0 Å². The highest BCUT2D eigenvalue weighted by Crippen LogP contribution is 2.23. The Morgan fingerprint density at radius 2 is 2.22 bits per heavy atom. The molecular formula is C14H16BrN3. The maximum absolute atomic E-state index is 5.95. The van der Waals surface area contributed by atoms with E-state index in [4.69, 9.17) is 5.73 Å². The topological polar surface area (TPSA) is 50.9 Å². The number of hydrogen-bond donors (Lipinski definition) is 2. The number of nitrogens with one attached hydrogen (secondary N) is 1. The lowest BCUT2D eigenvalue weighted by Gasteiger charge is -2.17. The highest BCUT2D eigenvalue weighted by atomic mass is 79.9. The fourth-order valence-corrected chi connectivity index (χ4v) is 2.36. The summed E-state index contributed by atoms with van der Waals surface area (Å²) in [5, 5.41) is 3.32. The molecule has 94 valence electrons. The molecule has 1 aromatic carbocycles. The molecule has 3 N–H and O–H groups in total. The molecule has 0 radical (unpaired) electrons. The first-order valence-corrected chi connectivity index (χ1v) is 6.61. The predicted molar refractivity (Wildman–Crippen MR) is 78.3 cm³/mol. The van der Waals surface area contributed by atoms with E-state index in [0.29, 0.717) is 0 Å². The second-order valence-corrected chi connectivity index (χ2v) is 5.09. The maximum atomic E-state index is 5.95. The first-order chi connectivity index (χ1) is 8.70. The van der Waals surface area contributed by atoms with Crippen molar-refractivity contribution in [3.8, 4) is 0 Å². The van der Waals surface area contributed by atoms with Crippen LogP contribution in [0, 0.1) is 0 Å². The van der Waals surface area contributed by atoms with Crippen LogP contribution in [0.5, 0.6) is 0 Å². The minimum Gasteiger partial charge on any atom is -0.398 e. The van der Waals surface area contributed by atoms with Crippen LogP contribution in [0.1, 0.15) is 17.2 Å². The molecule has 0 spiro atoms. The Balaban J connectivity index is 2.23. The lowest BCUT2D eigenvalue weighted by atomic mass is 9.99. The zero-order valence-corrected chi connectivity index (χ0v) is 11.8. The van der Waals surface area contributed by atoms with Gasteiger partial charge < -0.3 is 11.1 Å². The number of nitrogens with two attached hydrogens (primary N) is 1. The molecule has 3 nitrogen and oxygen atoms in total. The van der Waals surface area contributed by atoms with Crippen LogP contribution in [0.3, 0.4) is 0 Å². The van der Waals surface area contributed by atoms with Crippen LogP contribution in [-0.4, -0.2) is 12.0 Å². The quantitative estimate of drug-likeness (QED) is 0.913. The second-order valence-electron chi connectivity index (χ2n) is 4.17. The van der Waals surface area contributed by atoms with E-state index in [1.807, 2.05) is 31.4 Å². The zero-order chi connectivity index (χ0) is 13.0. The van der Waals surface area contributed by atoms with Gasteiger partial charge in [0.2, 0.25) is 0 Å². The van der Waals surface area contributed by atoms with Gasteiger partial charge in [0.05, 0.1) is 0 Å². The van der Waals surface area contributed by atoms with Crippen molar-refractivity contribution in [2.75, 3.05) is 12.8 Å². The number of aromatic nitrogens is 1. The molecule has 18 heavy (non-hydrogen) atoms. The third-order valence-corrected chi connectivity index (χ3v) is 3.46. The molecule has 0 saturated heterocycles. The molecule has 1 unspecified atom stereocenters. The maximum Gasteiger partial charge on any atom is 0.0378 e. The molecule has 0 aliphatic carbocycles. The van der Waals surface area contributed by atoms with E-state index >= 15 is 0 Å². The van der Waals surface area contributed by atoms with Gasteiger partial charge in [0.25, 0.3) is 0 Å². The Kier molecular flexibility index (Phi) is 4.33. The minimum atomic E-state index is 0.231. The molecule has 2 rings (SSSR count). The van der Waals surface area contributed by atoms with Crippen molar-refractivity contribution >= 4 is 21.6 Å². The summed E-state index contributed by atoms with van der Waals surface area (Å²) in [5.74, 6) is 0. The Labute approximate surface area is 116 Å². The normalized spacial score (nSPS) is 12.3. The predicted octanol–water partition coefficient (Wildman–Crippen LogP) is 2.93. The van der Waals surface area contributed by atoms with E-state index in [2.05, 4.69) is 38.4 Å². The largest absolute Gasteiger partial charge is 0.398 e. The van der Waals surface area contributed by atoms with Crippen molar-refractivity contribution in [2.45, 2.75) is 12.5 Å². The van der Waals surface area contributed by atoms with E-state index in [-0.39, 0.29) is 6.04 Å². The minimum absolute atomic E-state index is 0.231. The molecule has 0 fully saturated rings. The van der Waals surface area contributed by atoms with Crippen molar-refractivity contribution in [2.24, 2.45) is 0 Å². The highest BCUT2D eigenvalue weighted by Gasteiger charge is 2.12. The van der Waals surface area contributed by atoms with Crippen LogP contribution in [0.15, 0.2) is 47.2 Å². The summed E-state index contributed by atoms with van der Waals surface area (Å²) < 4.78 is 1.08. The Bertz CT molecular complexity index is 528. The number of halogens is 1. The van der Waals surface area contributed by atoms with Crippen LogP contribution in [0.4, 0.5) is 5.69 Å². The van der Waals surface area contributed by atoms with Gasteiger partial charge in [0, 0.05) is 28.6 Å². The number of likely N-dealkylation sites (N-methyl/N-ethyl adjacent to an activating group) is 1. The lowest BCUT2D eigenvalue weighted by molar-refractivity contribution is 0.591. The molecule has 0 saturated carbocycles. The van der Waals surface area contributed by atoms with Gasteiger partial charge in [-0.3, -0.25) is 4.98 Å². The molecular weight excluding hydrogens is 290 g/mol. The molecule has 1 atom stereocenters. The molecule has 4 heteroatoms. The first-order valence-electron chi connectivity index (χ1n) is 5.82. The summed E-state index contributed by atoms with van der Waals surface area (Å²) in [6, 6.07) is 10.4. The monoisotopic (exact) mass is 305 g/mol. The van der Waals surface area contributed by atoms with E-state index in [9.17, 15) is 0 Å². The highest BCUT2D eigenvalue weighted by molar-refractivity contribution is 9.10. The van der Waals surface area contributed by atoms with Crippen molar-refractivity contribution in [3.63, 3.8) is 0 Å². The van der Waals surface area contributed by atoms with Gasteiger partial charge in [0.15, 0.2) is 0 Å². The van der Waals surface area contributed by atoms with Crippen LogP contribution < -0.4 is 11.1 Å². The lowest BCUT2D eigenvalue weighted by Crippen LogP contribution is -2.19. The van der Waals surface area contributed by atoms with Crippen LogP contribution >= 0.6 is 15.9 Å². The standard InChI is InChI=1S/C14H16BrN3/c1-17-14(10-3-2-4-12(15)7-10)8-11-9-18-6-5-13(11)16/h2-7,9,14,17H,8H2,1H3,(H2,16,18). The smallest absolute Gasteiger partial charge is 0.0378 e. The van der Waals surface area contributed by atoms with Crippen molar-refractivity contribution in [3.05, 3.63) is 58.3 Å². The van der Waals surface area contributed by atoms with Gasteiger partial charge in [-0.25, -0.2) is 0 Å². The van der Waals surface area contributed by atoms with Gasteiger partial charge in [-0.05, 0) is 42.8 Å².